The van der Waals surface area contributed by atoms with E-state index in [0.717, 1.165) is 30.2 Å². The molecule has 0 atom stereocenters. The molecule has 26 heavy (non-hydrogen) atoms. The number of guanidine groups is 1. The van der Waals surface area contributed by atoms with Crippen LogP contribution in [0.2, 0.25) is 0 Å². The van der Waals surface area contributed by atoms with Crippen LogP contribution in [0.5, 0.6) is 5.88 Å². The van der Waals surface area contributed by atoms with Gasteiger partial charge in [-0.25, -0.2) is 4.98 Å². The van der Waals surface area contributed by atoms with E-state index in [1.807, 2.05) is 13.1 Å². The minimum absolute atomic E-state index is 0.489. The predicted octanol–water partition coefficient (Wildman–Crippen LogP) is 2.80. The summed E-state index contributed by atoms with van der Waals surface area (Å²) in [5.74, 6) is 1.57. The van der Waals surface area contributed by atoms with E-state index >= 15 is 0 Å². The second-order valence-electron chi connectivity index (χ2n) is 6.86. The van der Waals surface area contributed by atoms with Crippen molar-refractivity contribution in [2.45, 2.75) is 58.5 Å². The molecule has 0 aliphatic carbocycles. The standard InChI is InChI=1S/C20H35N5O/c1-4-6-15-26-19-17(8-7-11-22-19)16-23-20(21-3)24-18-9-13-25(12-5-2)14-10-18/h7-8,11,18H,4-6,9-10,12-16H2,1-3H3,(H2,21,23,24). The van der Waals surface area contributed by atoms with Crippen molar-refractivity contribution in [3.63, 3.8) is 0 Å². The van der Waals surface area contributed by atoms with Crippen LogP contribution in [-0.2, 0) is 6.54 Å². The highest BCUT2D eigenvalue weighted by Gasteiger charge is 2.19. The molecule has 2 heterocycles. The molecule has 1 fully saturated rings. The van der Waals surface area contributed by atoms with Gasteiger partial charge in [0.2, 0.25) is 5.88 Å². The quantitative estimate of drug-likeness (QED) is 0.402. The Labute approximate surface area is 158 Å². The summed E-state index contributed by atoms with van der Waals surface area (Å²) in [6.07, 6.45) is 7.51. The van der Waals surface area contributed by atoms with Gasteiger partial charge in [-0.2, -0.15) is 0 Å². The molecule has 0 radical (unpaired) electrons. The SMILES string of the molecule is CCCCOc1ncccc1CNC(=NC)NC1CCN(CCC)CC1. The highest BCUT2D eigenvalue weighted by molar-refractivity contribution is 5.80. The van der Waals surface area contributed by atoms with Crippen molar-refractivity contribution in [2.24, 2.45) is 4.99 Å². The molecule has 1 aliphatic rings. The Balaban J connectivity index is 1.80. The molecule has 0 spiro atoms. The predicted molar refractivity (Wildman–Crippen MR) is 108 cm³/mol. The van der Waals surface area contributed by atoms with Crippen molar-refractivity contribution in [3.05, 3.63) is 23.9 Å². The average Bonchev–Trinajstić information content (AvgIpc) is 2.68. The van der Waals surface area contributed by atoms with Crippen LogP contribution in [0.1, 0.15) is 51.5 Å². The number of hydrogen-bond acceptors (Lipinski definition) is 4. The molecule has 0 unspecified atom stereocenters. The minimum atomic E-state index is 0.489. The van der Waals surface area contributed by atoms with Crippen molar-refractivity contribution in [3.8, 4) is 5.88 Å². The molecule has 146 valence electrons. The van der Waals surface area contributed by atoms with Crippen LogP contribution in [0.15, 0.2) is 23.3 Å². The Morgan fingerprint density at radius 3 is 2.81 bits per heavy atom. The Hall–Kier alpha value is -1.82. The van der Waals surface area contributed by atoms with Gasteiger partial charge in [-0.05, 0) is 38.3 Å². The molecule has 6 heteroatoms. The van der Waals surface area contributed by atoms with Crippen LogP contribution in [0.25, 0.3) is 0 Å². The van der Waals surface area contributed by atoms with Crippen molar-refractivity contribution < 1.29 is 4.74 Å². The third kappa shape index (κ3) is 6.83. The summed E-state index contributed by atoms with van der Waals surface area (Å²) in [6, 6.07) is 4.49. The lowest BCUT2D eigenvalue weighted by molar-refractivity contribution is 0.206. The summed E-state index contributed by atoms with van der Waals surface area (Å²) in [5, 5.41) is 6.97. The van der Waals surface area contributed by atoms with Gasteiger partial charge in [0.15, 0.2) is 5.96 Å². The number of aromatic nitrogens is 1. The van der Waals surface area contributed by atoms with E-state index in [1.165, 1.54) is 38.9 Å². The van der Waals surface area contributed by atoms with Crippen LogP contribution in [0, 0.1) is 0 Å². The number of nitrogens with zero attached hydrogens (tertiary/aromatic N) is 3. The lowest BCUT2D eigenvalue weighted by atomic mass is 10.1. The Morgan fingerprint density at radius 2 is 2.12 bits per heavy atom. The molecule has 6 nitrogen and oxygen atoms in total. The van der Waals surface area contributed by atoms with E-state index < -0.39 is 0 Å². The largest absolute Gasteiger partial charge is 0.477 e. The summed E-state index contributed by atoms with van der Waals surface area (Å²) in [5.41, 5.74) is 1.06. The topological polar surface area (TPSA) is 61.8 Å². The summed E-state index contributed by atoms with van der Waals surface area (Å²) < 4.78 is 5.81. The van der Waals surface area contributed by atoms with Crippen molar-refractivity contribution in [1.29, 1.82) is 0 Å². The van der Waals surface area contributed by atoms with Gasteiger partial charge >= 0.3 is 0 Å². The summed E-state index contributed by atoms with van der Waals surface area (Å²) >= 11 is 0. The van der Waals surface area contributed by atoms with Crippen molar-refractivity contribution in [1.82, 2.24) is 20.5 Å². The molecule has 0 saturated carbocycles. The second-order valence-corrected chi connectivity index (χ2v) is 6.86. The lowest BCUT2D eigenvalue weighted by Gasteiger charge is -2.32. The number of ether oxygens (including phenoxy) is 1. The van der Waals surface area contributed by atoms with Crippen molar-refractivity contribution in [2.75, 3.05) is 33.3 Å². The highest BCUT2D eigenvalue weighted by Crippen LogP contribution is 2.15. The average molecular weight is 362 g/mol. The van der Waals surface area contributed by atoms with Crippen LogP contribution in [0.3, 0.4) is 0 Å². The fourth-order valence-electron chi connectivity index (χ4n) is 3.19. The molecule has 0 amide bonds. The first kappa shape index (κ1) is 20.5. The molecule has 1 aliphatic heterocycles. The van der Waals surface area contributed by atoms with E-state index in [2.05, 4.69) is 45.4 Å². The first-order valence-corrected chi connectivity index (χ1v) is 10.0. The number of hydrogen-bond donors (Lipinski definition) is 2. The van der Waals surface area contributed by atoms with Gasteiger partial charge in [0, 0.05) is 44.5 Å². The maximum atomic E-state index is 5.81. The molecular weight excluding hydrogens is 326 g/mol. The highest BCUT2D eigenvalue weighted by atomic mass is 16.5. The maximum absolute atomic E-state index is 5.81. The Bertz CT molecular complexity index is 541. The first-order chi connectivity index (χ1) is 12.8. The van der Waals surface area contributed by atoms with Crippen molar-refractivity contribution >= 4 is 5.96 Å². The number of piperidine rings is 1. The number of aliphatic imine (C=N–C) groups is 1. The second kappa shape index (κ2) is 11.7. The normalized spacial score (nSPS) is 16.5. The van der Waals surface area contributed by atoms with Gasteiger partial charge in [0.1, 0.15) is 0 Å². The number of rotatable bonds is 9. The van der Waals surface area contributed by atoms with Crippen LogP contribution >= 0.6 is 0 Å². The van der Waals surface area contributed by atoms with E-state index in [-0.39, 0.29) is 0 Å². The van der Waals surface area contributed by atoms with Crippen LogP contribution in [-0.4, -0.2) is 55.2 Å². The van der Waals surface area contributed by atoms with Gasteiger partial charge in [0.25, 0.3) is 0 Å². The number of pyridine rings is 1. The van der Waals surface area contributed by atoms with Gasteiger partial charge in [-0.1, -0.05) is 26.3 Å². The third-order valence-corrected chi connectivity index (χ3v) is 4.72. The van der Waals surface area contributed by atoms with Gasteiger partial charge in [-0.3, -0.25) is 4.99 Å². The minimum Gasteiger partial charge on any atom is -0.477 e. The third-order valence-electron chi connectivity index (χ3n) is 4.72. The zero-order valence-electron chi connectivity index (χ0n) is 16.6. The zero-order valence-corrected chi connectivity index (χ0v) is 16.6. The molecule has 2 rings (SSSR count). The van der Waals surface area contributed by atoms with Gasteiger partial charge < -0.3 is 20.3 Å². The van der Waals surface area contributed by atoms with E-state index in [9.17, 15) is 0 Å². The molecular formula is C20H35N5O. The Kier molecular flexibility index (Phi) is 9.24. The van der Waals surface area contributed by atoms with Gasteiger partial charge in [0.05, 0.1) is 6.61 Å². The molecule has 0 bridgehead atoms. The molecule has 1 aromatic rings. The monoisotopic (exact) mass is 361 g/mol. The molecule has 2 N–H and O–H groups in total. The maximum Gasteiger partial charge on any atom is 0.218 e. The molecule has 1 saturated heterocycles. The smallest absolute Gasteiger partial charge is 0.218 e. The molecule has 1 aromatic heterocycles. The lowest BCUT2D eigenvalue weighted by Crippen LogP contribution is -2.48. The number of likely N-dealkylation sites (tertiary alicyclic amines) is 1. The summed E-state index contributed by atoms with van der Waals surface area (Å²) in [7, 11) is 1.82. The zero-order chi connectivity index (χ0) is 18.6. The van der Waals surface area contributed by atoms with E-state index in [1.54, 1.807) is 6.20 Å². The summed E-state index contributed by atoms with van der Waals surface area (Å²) in [4.78, 5) is 11.3. The Morgan fingerprint density at radius 1 is 1.31 bits per heavy atom. The first-order valence-electron chi connectivity index (χ1n) is 10.0. The van der Waals surface area contributed by atoms with Crippen LogP contribution in [0.4, 0.5) is 0 Å². The number of nitrogens with one attached hydrogen (secondary N) is 2. The van der Waals surface area contributed by atoms with E-state index in [4.69, 9.17) is 4.74 Å². The fourth-order valence-corrected chi connectivity index (χ4v) is 3.19. The fraction of sp³-hybridized carbons (Fsp3) is 0.700. The molecule has 0 aromatic carbocycles. The van der Waals surface area contributed by atoms with E-state index in [0.29, 0.717) is 19.2 Å². The number of unbranched alkanes of at least 4 members (excludes halogenated alkanes) is 1. The summed E-state index contributed by atoms with van der Waals surface area (Å²) in [6.45, 7) is 9.32. The van der Waals surface area contributed by atoms with Gasteiger partial charge in [-0.15, -0.1) is 0 Å². The van der Waals surface area contributed by atoms with Crippen LogP contribution < -0.4 is 15.4 Å².